The van der Waals surface area contributed by atoms with Crippen molar-refractivity contribution in [1.82, 2.24) is 15.0 Å². The van der Waals surface area contributed by atoms with Crippen LogP contribution >= 0.6 is 11.3 Å². The Labute approximate surface area is 91.4 Å². The summed E-state index contributed by atoms with van der Waals surface area (Å²) in [6.45, 7) is 2.64. The molecule has 0 aliphatic heterocycles. The summed E-state index contributed by atoms with van der Waals surface area (Å²) in [5.41, 5.74) is 6.44. The van der Waals surface area contributed by atoms with E-state index in [0.717, 1.165) is 10.7 Å². The number of nitrogens with zero attached hydrogens (tertiary/aromatic N) is 3. The van der Waals surface area contributed by atoms with Crippen molar-refractivity contribution in [3.05, 3.63) is 28.5 Å². The van der Waals surface area contributed by atoms with E-state index < -0.39 is 0 Å². The predicted molar refractivity (Wildman–Crippen MR) is 60.6 cm³/mol. The highest BCUT2D eigenvalue weighted by atomic mass is 32.1. The van der Waals surface area contributed by atoms with E-state index in [4.69, 9.17) is 5.73 Å². The summed E-state index contributed by atoms with van der Waals surface area (Å²) < 4.78 is 0. The Kier molecular flexibility index (Phi) is 2.77. The first-order valence-electron chi connectivity index (χ1n) is 4.46. The van der Waals surface area contributed by atoms with Crippen LogP contribution in [0, 0.1) is 6.92 Å². The maximum Gasteiger partial charge on any atom is 0.144 e. The average molecular weight is 221 g/mol. The molecule has 3 N–H and O–H groups in total. The van der Waals surface area contributed by atoms with Gasteiger partial charge in [-0.1, -0.05) is 0 Å². The molecule has 15 heavy (non-hydrogen) atoms. The SMILES string of the molecule is Cc1nc(CNc2cnc(N)cn2)cs1. The summed E-state index contributed by atoms with van der Waals surface area (Å²) in [4.78, 5) is 12.3. The van der Waals surface area contributed by atoms with Gasteiger partial charge in [0.05, 0.1) is 29.6 Å². The highest BCUT2D eigenvalue weighted by Crippen LogP contribution is 2.09. The zero-order valence-electron chi connectivity index (χ0n) is 8.27. The van der Waals surface area contributed by atoms with Crippen LogP contribution in [0.1, 0.15) is 10.7 Å². The number of rotatable bonds is 3. The van der Waals surface area contributed by atoms with Gasteiger partial charge in [0.25, 0.3) is 0 Å². The van der Waals surface area contributed by atoms with Gasteiger partial charge in [0.1, 0.15) is 11.6 Å². The van der Waals surface area contributed by atoms with Crippen molar-refractivity contribution in [2.75, 3.05) is 11.1 Å². The molecule has 2 heterocycles. The Bertz CT molecular complexity index is 436. The maximum absolute atomic E-state index is 5.43. The lowest BCUT2D eigenvalue weighted by Gasteiger charge is -2.02. The number of hydrogen-bond donors (Lipinski definition) is 2. The van der Waals surface area contributed by atoms with Crippen molar-refractivity contribution in [3.63, 3.8) is 0 Å². The summed E-state index contributed by atoms with van der Waals surface area (Å²) in [6, 6.07) is 0. The lowest BCUT2D eigenvalue weighted by atomic mass is 10.5. The topological polar surface area (TPSA) is 76.7 Å². The number of anilines is 2. The molecule has 0 spiro atoms. The molecule has 2 aromatic rings. The van der Waals surface area contributed by atoms with Gasteiger partial charge >= 0.3 is 0 Å². The molecular weight excluding hydrogens is 210 g/mol. The van der Waals surface area contributed by atoms with Crippen LogP contribution in [0.5, 0.6) is 0 Å². The minimum absolute atomic E-state index is 0.421. The minimum atomic E-state index is 0.421. The summed E-state index contributed by atoms with van der Waals surface area (Å²) in [5.74, 6) is 1.12. The first-order chi connectivity index (χ1) is 7.24. The number of nitrogens with two attached hydrogens (primary N) is 1. The number of hydrogen-bond acceptors (Lipinski definition) is 6. The fraction of sp³-hybridized carbons (Fsp3) is 0.222. The van der Waals surface area contributed by atoms with Crippen molar-refractivity contribution in [2.45, 2.75) is 13.5 Å². The van der Waals surface area contributed by atoms with Gasteiger partial charge in [0.15, 0.2) is 0 Å². The highest BCUT2D eigenvalue weighted by Gasteiger charge is 1.99. The molecule has 0 aliphatic rings. The first-order valence-corrected chi connectivity index (χ1v) is 5.34. The summed E-state index contributed by atoms with van der Waals surface area (Å²) in [6.07, 6.45) is 3.13. The lowest BCUT2D eigenvalue weighted by molar-refractivity contribution is 1.03. The van der Waals surface area contributed by atoms with Crippen LogP contribution in [0.2, 0.25) is 0 Å². The molecule has 0 radical (unpaired) electrons. The zero-order valence-corrected chi connectivity index (χ0v) is 9.08. The standard InChI is InChI=1S/C9H11N5S/c1-6-14-7(5-15-6)2-12-9-4-11-8(10)3-13-9/h3-5H,2H2,1H3,(H2,10,11)(H,12,13). The number of nitrogen functional groups attached to an aromatic ring is 1. The van der Waals surface area contributed by atoms with E-state index in [2.05, 4.69) is 20.3 Å². The third kappa shape index (κ3) is 2.63. The Morgan fingerprint density at radius 2 is 2.27 bits per heavy atom. The highest BCUT2D eigenvalue weighted by molar-refractivity contribution is 7.09. The summed E-state index contributed by atoms with van der Waals surface area (Å²) in [5, 5.41) is 6.20. The van der Waals surface area contributed by atoms with Crippen molar-refractivity contribution < 1.29 is 0 Å². The zero-order chi connectivity index (χ0) is 10.7. The van der Waals surface area contributed by atoms with Gasteiger partial charge in [-0.3, -0.25) is 0 Å². The van der Waals surface area contributed by atoms with Crippen LogP contribution in [-0.2, 0) is 6.54 Å². The van der Waals surface area contributed by atoms with Gasteiger partial charge < -0.3 is 11.1 Å². The fourth-order valence-corrected chi connectivity index (χ4v) is 1.71. The van der Waals surface area contributed by atoms with E-state index >= 15 is 0 Å². The molecule has 0 amide bonds. The van der Waals surface area contributed by atoms with Gasteiger partial charge in [-0.15, -0.1) is 11.3 Å². The van der Waals surface area contributed by atoms with E-state index in [9.17, 15) is 0 Å². The molecule has 78 valence electrons. The quantitative estimate of drug-likeness (QED) is 0.820. The van der Waals surface area contributed by atoms with Crippen LogP contribution in [0.4, 0.5) is 11.6 Å². The molecule has 0 unspecified atom stereocenters. The normalized spacial score (nSPS) is 10.2. The average Bonchev–Trinajstić information content (AvgIpc) is 2.64. The van der Waals surface area contributed by atoms with Crippen LogP contribution in [0.25, 0.3) is 0 Å². The summed E-state index contributed by atoms with van der Waals surface area (Å²) >= 11 is 1.63. The second kappa shape index (κ2) is 4.22. The molecule has 0 saturated carbocycles. The van der Waals surface area contributed by atoms with E-state index in [0.29, 0.717) is 18.2 Å². The Morgan fingerprint density at radius 3 is 2.87 bits per heavy atom. The second-order valence-electron chi connectivity index (χ2n) is 3.04. The molecule has 0 saturated heterocycles. The molecule has 0 atom stereocenters. The van der Waals surface area contributed by atoms with E-state index in [1.165, 1.54) is 6.20 Å². The molecular formula is C9H11N5S. The van der Waals surface area contributed by atoms with E-state index in [1.54, 1.807) is 17.5 Å². The third-order valence-corrected chi connectivity index (χ3v) is 2.61. The van der Waals surface area contributed by atoms with Gasteiger partial charge in [0.2, 0.25) is 0 Å². The van der Waals surface area contributed by atoms with Crippen molar-refractivity contribution in [2.24, 2.45) is 0 Å². The Hall–Kier alpha value is -1.69. The van der Waals surface area contributed by atoms with E-state index in [-0.39, 0.29) is 0 Å². The monoisotopic (exact) mass is 221 g/mol. The molecule has 0 aliphatic carbocycles. The van der Waals surface area contributed by atoms with Gasteiger partial charge in [-0.2, -0.15) is 0 Å². The number of aromatic nitrogens is 3. The number of aryl methyl sites for hydroxylation is 1. The molecule has 0 bridgehead atoms. The van der Waals surface area contributed by atoms with Crippen LogP contribution in [0.15, 0.2) is 17.8 Å². The molecule has 2 aromatic heterocycles. The van der Waals surface area contributed by atoms with Crippen LogP contribution in [-0.4, -0.2) is 15.0 Å². The third-order valence-electron chi connectivity index (χ3n) is 1.79. The van der Waals surface area contributed by atoms with Crippen molar-refractivity contribution >= 4 is 23.0 Å². The first kappa shape index (κ1) is 9.85. The fourth-order valence-electron chi connectivity index (χ4n) is 1.10. The molecule has 0 fully saturated rings. The minimum Gasteiger partial charge on any atom is -0.382 e. The van der Waals surface area contributed by atoms with Crippen molar-refractivity contribution in [1.29, 1.82) is 0 Å². The van der Waals surface area contributed by atoms with E-state index in [1.807, 2.05) is 12.3 Å². The predicted octanol–water partition coefficient (Wildman–Crippen LogP) is 1.44. The van der Waals surface area contributed by atoms with Gasteiger partial charge in [-0.05, 0) is 6.92 Å². The Balaban J connectivity index is 1.96. The Morgan fingerprint density at radius 1 is 1.40 bits per heavy atom. The van der Waals surface area contributed by atoms with Crippen molar-refractivity contribution in [3.8, 4) is 0 Å². The lowest BCUT2D eigenvalue weighted by Crippen LogP contribution is -2.02. The maximum atomic E-state index is 5.43. The summed E-state index contributed by atoms with van der Waals surface area (Å²) in [7, 11) is 0. The molecule has 6 heteroatoms. The van der Waals surface area contributed by atoms with Gasteiger partial charge in [-0.25, -0.2) is 15.0 Å². The molecule has 2 rings (SSSR count). The smallest absolute Gasteiger partial charge is 0.144 e. The number of nitrogens with one attached hydrogen (secondary N) is 1. The molecule has 5 nitrogen and oxygen atoms in total. The van der Waals surface area contributed by atoms with Crippen LogP contribution in [0.3, 0.4) is 0 Å². The number of thiazole rings is 1. The van der Waals surface area contributed by atoms with Crippen LogP contribution < -0.4 is 11.1 Å². The second-order valence-corrected chi connectivity index (χ2v) is 4.10. The van der Waals surface area contributed by atoms with Gasteiger partial charge in [0, 0.05) is 5.38 Å². The molecule has 0 aromatic carbocycles. The largest absolute Gasteiger partial charge is 0.382 e.